The minimum absolute atomic E-state index is 0.0835. The van der Waals surface area contributed by atoms with Crippen LogP contribution in [0.4, 0.5) is 11.4 Å². The SMILES string of the molecule is CCN(CC)c1ccc(/C=N/NC(=O)c2ccc([N+](=O)[O-])cc2)c(O[B]c2ccccc2)c1. The first-order chi connectivity index (χ1) is 16.0. The minimum atomic E-state index is -0.518. The van der Waals surface area contributed by atoms with E-state index in [1.807, 2.05) is 48.5 Å². The van der Waals surface area contributed by atoms with Crippen LogP contribution in [0.25, 0.3) is 0 Å². The molecule has 0 bridgehead atoms. The highest BCUT2D eigenvalue weighted by Gasteiger charge is 2.11. The fraction of sp³-hybridized carbons (Fsp3) is 0.167. The maximum atomic E-state index is 12.3. The topological polar surface area (TPSA) is 97.1 Å². The highest BCUT2D eigenvalue weighted by atomic mass is 16.6. The molecule has 0 spiro atoms. The molecule has 0 aromatic heterocycles. The Morgan fingerprint density at radius 1 is 1.09 bits per heavy atom. The van der Waals surface area contributed by atoms with Crippen LogP contribution in [0, 0.1) is 10.1 Å². The largest absolute Gasteiger partial charge is 0.557 e. The quantitative estimate of drug-likeness (QED) is 0.224. The van der Waals surface area contributed by atoms with E-state index < -0.39 is 10.8 Å². The van der Waals surface area contributed by atoms with E-state index in [9.17, 15) is 14.9 Å². The van der Waals surface area contributed by atoms with E-state index in [-0.39, 0.29) is 11.3 Å². The minimum Gasteiger partial charge on any atom is -0.557 e. The number of carbonyl (C=O) groups is 1. The number of nitrogens with one attached hydrogen (secondary N) is 1. The van der Waals surface area contributed by atoms with Crippen LogP contribution in [0.1, 0.15) is 29.8 Å². The van der Waals surface area contributed by atoms with Crippen molar-refractivity contribution in [2.75, 3.05) is 18.0 Å². The smallest absolute Gasteiger partial charge is 0.408 e. The second-order valence-electron chi connectivity index (χ2n) is 7.04. The third-order valence-electron chi connectivity index (χ3n) is 4.96. The van der Waals surface area contributed by atoms with Gasteiger partial charge in [0, 0.05) is 48.1 Å². The van der Waals surface area contributed by atoms with Crippen LogP contribution < -0.4 is 20.4 Å². The molecule has 33 heavy (non-hydrogen) atoms. The third-order valence-corrected chi connectivity index (χ3v) is 4.96. The van der Waals surface area contributed by atoms with Gasteiger partial charge in [-0.1, -0.05) is 30.3 Å². The molecule has 1 amide bonds. The lowest BCUT2D eigenvalue weighted by molar-refractivity contribution is -0.384. The summed E-state index contributed by atoms with van der Waals surface area (Å²) in [6.45, 7) is 5.89. The molecule has 0 unspecified atom stereocenters. The van der Waals surface area contributed by atoms with Crippen LogP contribution in [0.3, 0.4) is 0 Å². The van der Waals surface area contributed by atoms with E-state index in [1.165, 1.54) is 30.5 Å². The number of rotatable bonds is 10. The number of non-ortho nitro benzene ring substituents is 1. The number of hydrogen-bond acceptors (Lipinski definition) is 6. The van der Waals surface area contributed by atoms with Crippen LogP contribution in [-0.2, 0) is 0 Å². The van der Waals surface area contributed by atoms with Crippen LogP contribution in [0.2, 0.25) is 0 Å². The van der Waals surface area contributed by atoms with Crippen LogP contribution in [0.5, 0.6) is 5.75 Å². The number of hydrogen-bond donors (Lipinski definition) is 1. The Bertz CT molecular complexity index is 1120. The lowest BCUT2D eigenvalue weighted by Gasteiger charge is -2.22. The van der Waals surface area contributed by atoms with Gasteiger partial charge < -0.3 is 9.55 Å². The molecule has 167 valence electrons. The summed E-state index contributed by atoms with van der Waals surface area (Å²) in [7, 11) is 1.66. The molecule has 0 aliphatic carbocycles. The van der Waals surface area contributed by atoms with Crippen molar-refractivity contribution in [1.82, 2.24) is 5.43 Å². The van der Waals surface area contributed by atoms with Crippen LogP contribution in [-0.4, -0.2) is 37.6 Å². The van der Waals surface area contributed by atoms with E-state index in [4.69, 9.17) is 4.65 Å². The molecule has 9 heteroatoms. The Kier molecular flexibility index (Phi) is 8.18. The van der Waals surface area contributed by atoms with Crippen molar-refractivity contribution in [3.63, 3.8) is 0 Å². The molecule has 0 fully saturated rings. The van der Waals surface area contributed by atoms with Crippen LogP contribution in [0.15, 0.2) is 77.9 Å². The molecule has 3 aromatic carbocycles. The van der Waals surface area contributed by atoms with Gasteiger partial charge in [0.15, 0.2) is 0 Å². The molecule has 0 aliphatic heterocycles. The van der Waals surface area contributed by atoms with E-state index in [1.54, 1.807) is 7.48 Å². The van der Waals surface area contributed by atoms with Crippen molar-refractivity contribution in [3.8, 4) is 5.75 Å². The van der Waals surface area contributed by atoms with E-state index in [0.717, 1.165) is 24.2 Å². The Hall–Kier alpha value is -4.14. The molecule has 0 aliphatic rings. The van der Waals surface area contributed by atoms with Gasteiger partial charge in [0.05, 0.1) is 11.1 Å². The van der Waals surface area contributed by atoms with Gasteiger partial charge in [0.1, 0.15) is 5.75 Å². The number of nitro benzene ring substituents is 1. The monoisotopic (exact) mass is 443 g/mol. The van der Waals surface area contributed by atoms with Crippen molar-refractivity contribution in [2.24, 2.45) is 5.10 Å². The van der Waals surface area contributed by atoms with Gasteiger partial charge in [-0.05, 0) is 43.6 Å². The molecule has 0 heterocycles. The second kappa shape index (κ2) is 11.5. The van der Waals surface area contributed by atoms with Gasteiger partial charge in [-0.3, -0.25) is 14.9 Å². The standard InChI is InChI=1S/C24H24BN4O4/c1-3-28(4-2)22-15-12-19(23(16-22)33-25-20-8-6-5-7-9-20)17-26-27-24(30)18-10-13-21(14-11-18)29(31)32/h5-17H,3-4H2,1-2H3,(H,27,30)/b26-17+. The van der Waals surface area contributed by atoms with Crippen molar-refractivity contribution in [1.29, 1.82) is 0 Å². The Labute approximate surface area is 193 Å². The Morgan fingerprint density at radius 3 is 2.42 bits per heavy atom. The highest BCUT2D eigenvalue weighted by Crippen LogP contribution is 2.25. The van der Waals surface area contributed by atoms with Crippen molar-refractivity contribution in [3.05, 3.63) is 94.0 Å². The average molecular weight is 443 g/mol. The van der Waals surface area contributed by atoms with Gasteiger partial charge in [-0.2, -0.15) is 5.10 Å². The Balaban J connectivity index is 1.76. The third kappa shape index (κ3) is 6.42. The maximum Gasteiger partial charge on any atom is 0.408 e. The van der Waals surface area contributed by atoms with E-state index in [0.29, 0.717) is 11.3 Å². The van der Waals surface area contributed by atoms with Gasteiger partial charge in [-0.15, -0.1) is 0 Å². The maximum absolute atomic E-state index is 12.3. The predicted octanol–water partition coefficient (Wildman–Crippen LogP) is 3.53. The first-order valence-electron chi connectivity index (χ1n) is 10.5. The van der Waals surface area contributed by atoms with Gasteiger partial charge in [-0.25, -0.2) is 5.43 Å². The molecule has 8 nitrogen and oxygen atoms in total. The molecular formula is C24H24BN4O4. The zero-order chi connectivity index (χ0) is 23.6. The molecule has 0 atom stereocenters. The van der Waals surface area contributed by atoms with Gasteiger partial charge in [0.2, 0.25) is 0 Å². The van der Waals surface area contributed by atoms with Crippen molar-refractivity contribution in [2.45, 2.75) is 13.8 Å². The number of anilines is 1. The zero-order valence-electron chi connectivity index (χ0n) is 18.5. The summed E-state index contributed by atoms with van der Waals surface area (Å²) >= 11 is 0. The molecule has 3 aromatic rings. The summed E-state index contributed by atoms with van der Waals surface area (Å²) in [5.41, 5.74) is 5.24. The molecule has 3 rings (SSSR count). The first kappa shape index (κ1) is 23.5. The van der Waals surface area contributed by atoms with Gasteiger partial charge >= 0.3 is 7.48 Å². The number of carbonyl (C=O) groups excluding carboxylic acids is 1. The van der Waals surface area contributed by atoms with Gasteiger partial charge in [0.25, 0.3) is 11.6 Å². The summed E-state index contributed by atoms with van der Waals surface area (Å²) < 4.78 is 5.96. The fourth-order valence-electron chi connectivity index (χ4n) is 3.14. The average Bonchev–Trinajstić information content (AvgIpc) is 2.85. The van der Waals surface area contributed by atoms with E-state index >= 15 is 0 Å². The molecular weight excluding hydrogens is 419 g/mol. The zero-order valence-corrected chi connectivity index (χ0v) is 18.5. The molecule has 0 saturated carbocycles. The van der Waals surface area contributed by atoms with E-state index in [2.05, 4.69) is 29.3 Å². The summed E-state index contributed by atoms with van der Waals surface area (Å²) in [5.74, 6) is 0.121. The summed E-state index contributed by atoms with van der Waals surface area (Å²) in [6, 6.07) is 20.8. The lowest BCUT2D eigenvalue weighted by atomic mass is 9.88. The van der Waals surface area contributed by atoms with Crippen molar-refractivity contribution >= 4 is 36.4 Å². The predicted molar refractivity (Wildman–Crippen MR) is 131 cm³/mol. The summed E-state index contributed by atoms with van der Waals surface area (Å²) in [6.07, 6.45) is 1.50. The number of benzene rings is 3. The summed E-state index contributed by atoms with van der Waals surface area (Å²) in [5, 5.41) is 14.8. The second-order valence-corrected chi connectivity index (χ2v) is 7.04. The Morgan fingerprint density at radius 2 is 1.79 bits per heavy atom. The van der Waals surface area contributed by atoms with Crippen LogP contribution >= 0.6 is 0 Å². The fourth-order valence-corrected chi connectivity index (χ4v) is 3.14. The molecule has 1 radical (unpaired) electrons. The highest BCUT2D eigenvalue weighted by molar-refractivity contribution is 6.47. The number of nitro groups is 1. The molecule has 1 N–H and O–H groups in total. The lowest BCUT2D eigenvalue weighted by Crippen LogP contribution is -2.23. The number of hydrazone groups is 1. The summed E-state index contributed by atoms with van der Waals surface area (Å²) in [4.78, 5) is 24.7. The first-order valence-corrected chi connectivity index (χ1v) is 10.5. The normalized spacial score (nSPS) is 10.6. The van der Waals surface area contributed by atoms with Crippen molar-refractivity contribution < 1.29 is 14.4 Å². The number of nitrogens with zero attached hydrogens (tertiary/aromatic N) is 3. The molecule has 0 saturated heterocycles. The number of amides is 1.